The lowest BCUT2D eigenvalue weighted by molar-refractivity contribution is -0.127. The SMILES string of the molecule is C=CC(=C)C(=O)N(C(=C)/N=C(/NCC1CC1)N(C)C)C1CCC(O)CC1. The molecule has 0 unspecified atom stereocenters. The Kier molecular flexibility index (Phi) is 7.03. The first-order valence-corrected chi connectivity index (χ1v) is 9.35. The first-order valence-electron chi connectivity index (χ1n) is 9.35. The number of carbonyl (C=O) groups is 1. The number of aliphatic imine (C=N–C) groups is 1. The Hall–Kier alpha value is -2.08. The monoisotopic (exact) mass is 360 g/mol. The third-order valence-electron chi connectivity index (χ3n) is 4.95. The van der Waals surface area contributed by atoms with Crippen molar-refractivity contribution >= 4 is 11.9 Å². The highest BCUT2D eigenvalue weighted by Gasteiger charge is 2.31. The van der Waals surface area contributed by atoms with E-state index in [1.165, 1.54) is 18.9 Å². The molecule has 0 heterocycles. The van der Waals surface area contributed by atoms with Crippen LogP contribution in [-0.2, 0) is 4.79 Å². The molecule has 2 rings (SSSR count). The van der Waals surface area contributed by atoms with Gasteiger partial charge in [-0.1, -0.05) is 25.8 Å². The molecule has 2 aliphatic carbocycles. The van der Waals surface area contributed by atoms with Crippen molar-refractivity contribution in [2.75, 3.05) is 20.6 Å². The summed E-state index contributed by atoms with van der Waals surface area (Å²) >= 11 is 0. The zero-order valence-electron chi connectivity index (χ0n) is 16.1. The molecule has 0 saturated heterocycles. The number of guanidine groups is 1. The third-order valence-corrected chi connectivity index (χ3v) is 4.95. The van der Waals surface area contributed by atoms with Crippen LogP contribution in [0.15, 0.2) is 42.2 Å². The normalized spacial score (nSPS) is 23.1. The van der Waals surface area contributed by atoms with Gasteiger partial charge in [0.05, 0.1) is 6.10 Å². The minimum atomic E-state index is -0.292. The van der Waals surface area contributed by atoms with E-state index in [4.69, 9.17) is 0 Å². The maximum absolute atomic E-state index is 12.9. The van der Waals surface area contributed by atoms with E-state index in [9.17, 15) is 9.90 Å². The number of nitrogens with zero attached hydrogens (tertiary/aromatic N) is 3. The summed E-state index contributed by atoms with van der Waals surface area (Å²) < 4.78 is 0. The van der Waals surface area contributed by atoms with Crippen molar-refractivity contribution in [3.63, 3.8) is 0 Å². The van der Waals surface area contributed by atoms with Crippen LogP contribution in [0.5, 0.6) is 0 Å². The Morgan fingerprint density at radius 2 is 1.81 bits per heavy atom. The second kappa shape index (κ2) is 9.03. The zero-order valence-corrected chi connectivity index (χ0v) is 16.1. The number of amides is 1. The average molecular weight is 361 g/mol. The van der Waals surface area contributed by atoms with Gasteiger partial charge in [0, 0.05) is 32.3 Å². The van der Waals surface area contributed by atoms with E-state index in [0.717, 1.165) is 19.4 Å². The van der Waals surface area contributed by atoms with Crippen LogP contribution in [0.2, 0.25) is 0 Å². The van der Waals surface area contributed by atoms with Crippen molar-refractivity contribution in [1.82, 2.24) is 15.1 Å². The fraction of sp³-hybridized carbons (Fsp3) is 0.600. The van der Waals surface area contributed by atoms with Crippen LogP contribution in [0.1, 0.15) is 38.5 Å². The zero-order chi connectivity index (χ0) is 19.3. The predicted molar refractivity (Wildman–Crippen MR) is 105 cm³/mol. The highest BCUT2D eigenvalue weighted by atomic mass is 16.3. The predicted octanol–water partition coefficient (Wildman–Crippen LogP) is 2.25. The van der Waals surface area contributed by atoms with Gasteiger partial charge < -0.3 is 15.3 Å². The van der Waals surface area contributed by atoms with Gasteiger partial charge in [-0.3, -0.25) is 9.69 Å². The fourth-order valence-corrected chi connectivity index (χ4v) is 3.08. The minimum Gasteiger partial charge on any atom is -0.393 e. The number of aliphatic hydroxyl groups is 1. The summed E-state index contributed by atoms with van der Waals surface area (Å²) in [6.07, 6.45) is 6.46. The van der Waals surface area contributed by atoms with E-state index in [1.807, 2.05) is 19.0 Å². The molecule has 2 aliphatic rings. The number of hydrogen-bond donors (Lipinski definition) is 2. The standard InChI is InChI=1S/C20H32N4O2/c1-6-14(2)19(26)24(17-9-11-18(25)12-10-17)15(3)22-20(23(4)5)21-13-16-7-8-16/h6,16-18,25H,1-3,7-13H2,4-5H3,(H,21,22). The number of hydrogen-bond acceptors (Lipinski definition) is 3. The van der Waals surface area contributed by atoms with Crippen LogP contribution in [0.3, 0.4) is 0 Å². The van der Waals surface area contributed by atoms with Gasteiger partial charge in [0.25, 0.3) is 5.91 Å². The smallest absolute Gasteiger partial charge is 0.259 e. The van der Waals surface area contributed by atoms with Gasteiger partial charge in [-0.2, -0.15) is 4.99 Å². The molecule has 0 aromatic heterocycles. The minimum absolute atomic E-state index is 0.0364. The second-order valence-electron chi connectivity index (χ2n) is 7.44. The Morgan fingerprint density at radius 3 is 2.31 bits per heavy atom. The summed E-state index contributed by atoms with van der Waals surface area (Å²) in [5.41, 5.74) is 0.324. The summed E-state index contributed by atoms with van der Waals surface area (Å²) in [7, 11) is 3.83. The molecule has 6 heteroatoms. The summed E-state index contributed by atoms with van der Waals surface area (Å²) in [4.78, 5) is 21.0. The van der Waals surface area contributed by atoms with Gasteiger partial charge in [-0.05, 0) is 44.4 Å². The van der Waals surface area contributed by atoms with Crippen molar-refractivity contribution in [3.8, 4) is 0 Å². The van der Waals surface area contributed by atoms with Crippen LogP contribution < -0.4 is 5.32 Å². The van der Waals surface area contributed by atoms with Crippen molar-refractivity contribution < 1.29 is 9.90 Å². The molecule has 0 spiro atoms. The first kappa shape index (κ1) is 20.2. The fourth-order valence-electron chi connectivity index (χ4n) is 3.08. The molecule has 0 aliphatic heterocycles. The quantitative estimate of drug-likeness (QED) is 0.316. The maximum Gasteiger partial charge on any atom is 0.259 e. The average Bonchev–Trinajstić information content (AvgIpc) is 3.43. The van der Waals surface area contributed by atoms with Crippen LogP contribution in [0, 0.1) is 5.92 Å². The van der Waals surface area contributed by atoms with Gasteiger partial charge in [-0.25, -0.2) is 0 Å². The summed E-state index contributed by atoms with van der Waals surface area (Å²) in [5.74, 6) is 1.58. The molecule has 6 nitrogen and oxygen atoms in total. The van der Waals surface area contributed by atoms with E-state index in [-0.39, 0.29) is 18.1 Å². The van der Waals surface area contributed by atoms with E-state index >= 15 is 0 Å². The van der Waals surface area contributed by atoms with Crippen molar-refractivity contribution in [2.24, 2.45) is 10.9 Å². The summed E-state index contributed by atoms with van der Waals surface area (Å²) in [6.45, 7) is 12.4. The lowest BCUT2D eigenvalue weighted by Gasteiger charge is -2.36. The van der Waals surface area contributed by atoms with Gasteiger partial charge in [0.2, 0.25) is 0 Å². The first-order chi connectivity index (χ1) is 12.3. The molecule has 0 radical (unpaired) electrons. The number of aliphatic hydroxyl groups excluding tert-OH is 1. The molecule has 0 aromatic rings. The molecular weight excluding hydrogens is 328 g/mol. The molecule has 2 fully saturated rings. The van der Waals surface area contributed by atoms with Crippen LogP contribution >= 0.6 is 0 Å². The van der Waals surface area contributed by atoms with Crippen molar-refractivity contribution in [2.45, 2.75) is 50.7 Å². The number of carbonyl (C=O) groups excluding carboxylic acids is 1. The molecule has 2 saturated carbocycles. The molecule has 26 heavy (non-hydrogen) atoms. The van der Waals surface area contributed by atoms with Crippen LogP contribution in [0.4, 0.5) is 0 Å². The van der Waals surface area contributed by atoms with E-state index < -0.39 is 0 Å². The topological polar surface area (TPSA) is 68.2 Å². The molecule has 144 valence electrons. The van der Waals surface area contributed by atoms with Crippen molar-refractivity contribution in [3.05, 3.63) is 37.2 Å². The highest BCUT2D eigenvalue weighted by molar-refractivity contribution is 5.97. The second-order valence-corrected chi connectivity index (χ2v) is 7.44. The lowest BCUT2D eigenvalue weighted by atomic mass is 9.91. The van der Waals surface area contributed by atoms with Crippen LogP contribution in [0.25, 0.3) is 0 Å². The van der Waals surface area contributed by atoms with Crippen molar-refractivity contribution in [1.29, 1.82) is 0 Å². The van der Waals surface area contributed by atoms with Crippen LogP contribution in [-0.4, -0.2) is 59.6 Å². The molecule has 0 aromatic carbocycles. The van der Waals surface area contributed by atoms with Gasteiger partial charge in [0.15, 0.2) is 5.96 Å². The van der Waals surface area contributed by atoms with E-state index in [1.54, 1.807) is 4.90 Å². The van der Waals surface area contributed by atoms with Gasteiger partial charge in [0.1, 0.15) is 5.82 Å². The molecule has 2 N–H and O–H groups in total. The summed E-state index contributed by atoms with van der Waals surface area (Å²) in [6, 6.07) is -0.0364. The Labute approximate surface area is 157 Å². The van der Waals surface area contributed by atoms with Gasteiger partial charge >= 0.3 is 0 Å². The molecular formula is C20H32N4O2. The maximum atomic E-state index is 12.9. The molecule has 1 amide bonds. The Balaban J connectivity index is 2.19. The Morgan fingerprint density at radius 1 is 1.19 bits per heavy atom. The largest absolute Gasteiger partial charge is 0.393 e. The van der Waals surface area contributed by atoms with Gasteiger partial charge in [-0.15, -0.1) is 0 Å². The molecule has 0 bridgehead atoms. The van der Waals surface area contributed by atoms with E-state index in [0.29, 0.717) is 36.1 Å². The third kappa shape index (κ3) is 5.46. The summed E-state index contributed by atoms with van der Waals surface area (Å²) in [5, 5.41) is 13.1. The molecule has 0 atom stereocenters. The number of nitrogens with one attached hydrogen (secondary N) is 1. The Bertz CT molecular complexity index is 585. The van der Waals surface area contributed by atoms with E-state index in [2.05, 4.69) is 30.0 Å². The highest BCUT2D eigenvalue weighted by Crippen LogP contribution is 2.28. The lowest BCUT2D eigenvalue weighted by Crippen LogP contribution is -2.44. The number of rotatable bonds is 7.